The molecule has 0 saturated heterocycles. The summed E-state index contributed by atoms with van der Waals surface area (Å²) in [6.07, 6.45) is 2.34. The van der Waals surface area contributed by atoms with Gasteiger partial charge in [-0.15, -0.1) is 0 Å². The molecule has 3 rings (SSSR count). The molecule has 2 amide bonds. The summed E-state index contributed by atoms with van der Waals surface area (Å²) in [4.78, 5) is 13.0. The van der Waals surface area contributed by atoms with Gasteiger partial charge < -0.3 is 10.6 Å². The molecule has 0 heterocycles. The molecular weight excluding hydrogens is 343 g/mol. The van der Waals surface area contributed by atoms with Gasteiger partial charge in [-0.1, -0.05) is 12.1 Å². The molecule has 1 aliphatic rings. The highest BCUT2D eigenvalue weighted by molar-refractivity contribution is 7.91. The van der Waals surface area contributed by atoms with Gasteiger partial charge >= 0.3 is 6.03 Å². The number of sulfone groups is 1. The first-order valence-corrected chi connectivity index (χ1v) is 9.45. The summed E-state index contributed by atoms with van der Waals surface area (Å²) in [6.45, 7) is 0. The number of hydrogen-bond acceptors (Lipinski definition) is 3. The zero-order valence-corrected chi connectivity index (χ0v) is 14.6. The maximum Gasteiger partial charge on any atom is 0.315 e. The number of rotatable bonds is 3. The highest BCUT2D eigenvalue weighted by Gasteiger charge is 2.27. The van der Waals surface area contributed by atoms with E-state index in [9.17, 15) is 17.6 Å². The molecule has 1 aliphatic carbocycles. The predicted molar refractivity (Wildman–Crippen MR) is 91.3 cm³/mol. The maximum atomic E-state index is 13.4. The molecule has 0 radical (unpaired) electrons. The van der Waals surface area contributed by atoms with E-state index in [4.69, 9.17) is 5.73 Å². The second-order valence-electron chi connectivity index (χ2n) is 6.18. The van der Waals surface area contributed by atoms with E-state index in [0.29, 0.717) is 0 Å². The van der Waals surface area contributed by atoms with E-state index >= 15 is 0 Å². The molecule has 0 bridgehead atoms. The molecule has 1 atom stereocenters. The van der Waals surface area contributed by atoms with E-state index in [1.165, 1.54) is 29.2 Å². The van der Waals surface area contributed by atoms with Gasteiger partial charge in [0.2, 0.25) is 9.84 Å². The van der Waals surface area contributed by atoms with Crippen molar-refractivity contribution in [3.05, 3.63) is 59.4 Å². The largest absolute Gasteiger partial charge is 0.351 e. The first kappa shape index (κ1) is 17.4. The van der Waals surface area contributed by atoms with Gasteiger partial charge in [-0.3, -0.25) is 0 Å². The number of carbonyl (C=O) groups is 1. The third-order valence-corrected chi connectivity index (χ3v) is 6.38. The first-order valence-electron chi connectivity index (χ1n) is 7.96. The SMILES string of the molecule is CN(C(N)=O)[C@@H]1CCCc2cc(S(=O)(=O)c3cccc(F)c3)ccc21. The van der Waals surface area contributed by atoms with E-state index < -0.39 is 21.7 Å². The van der Waals surface area contributed by atoms with Crippen molar-refractivity contribution in [2.45, 2.75) is 35.1 Å². The maximum absolute atomic E-state index is 13.4. The van der Waals surface area contributed by atoms with Crippen molar-refractivity contribution < 1.29 is 17.6 Å². The van der Waals surface area contributed by atoms with Gasteiger partial charge in [-0.05, 0) is 60.7 Å². The third-order valence-electron chi connectivity index (χ3n) is 4.63. The summed E-state index contributed by atoms with van der Waals surface area (Å²) in [5.41, 5.74) is 7.15. The average Bonchev–Trinajstić information content (AvgIpc) is 2.60. The van der Waals surface area contributed by atoms with Gasteiger partial charge in [0, 0.05) is 7.05 Å². The molecule has 5 nitrogen and oxygen atoms in total. The van der Waals surface area contributed by atoms with Crippen molar-refractivity contribution in [1.29, 1.82) is 0 Å². The number of urea groups is 1. The van der Waals surface area contributed by atoms with Crippen LogP contribution >= 0.6 is 0 Å². The van der Waals surface area contributed by atoms with Crippen LogP contribution in [0.4, 0.5) is 9.18 Å². The molecule has 0 fully saturated rings. The predicted octanol–water partition coefficient (Wildman–Crippen LogP) is 3.05. The van der Waals surface area contributed by atoms with E-state index in [0.717, 1.165) is 36.5 Å². The molecule has 0 aliphatic heterocycles. The molecule has 2 aromatic rings. The van der Waals surface area contributed by atoms with Gasteiger partial charge in [0.05, 0.1) is 15.8 Å². The Labute approximate surface area is 146 Å². The number of amides is 2. The second kappa shape index (κ2) is 6.48. The lowest BCUT2D eigenvalue weighted by molar-refractivity contribution is 0.193. The Kier molecular flexibility index (Phi) is 4.51. The van der Waals surface area contributed by atoms with Crippen LogP contribution in [-0.2, 0) is 16.3 Å². The van der Waals surface area contributed by atoms with Crippen LogP contribution in [0.25, 0.3) is 0 Å². The smallest absolute Gasteiger partial charge is 0.315 e. The van der Waals surface area contributed by atoms with Crippen molar-refractivity contribution in [2.75, 3.05) is 7.05 Å². The van der Waals surface area contributed by atoms with Crippen molar-refractivity contribution >= 4 is 15.9 Å². The monoisotopic (exact) mass is 362 g/mol. The Balaban J connectivity index is 2.03. The molecule has 0 saturated carbocycles. The fourth-order valence-corrected chi connectivity index (χ4v) is 4.60. The van der Waals surface area contributed by atoms with Crippen LogP contribution in [0.1, 0.15) is 30.0 Å². The van der Waals surface area contributed by atoms with Crippen LogP contribution in [0.3, 0.4) is 0 Å². The minimum absolute atomic E-state index is 0.0749. The molecule has 7 heteroatoms. The molecular formula is C18H19FN2O3S. The summed E-state index contributed by atoms with van der Waals surface area (Å²) in [5, 5.41) is 0. The summed E-state index contributed by atoms with van der Waals surface area (Å²) in [7, 11) is -2.16. The number of benzene rings is 2. The molecule has 25 heavy (non-hydrogen) atoms. The number of hydrogen-bond donors (Lipinski definition) is 1. The number of primary amides is 1. The van der Waals surface area contributed by atoms with Crippen LogP contribution in [0.15, 0.2) is 52.3 Å². The number of nitrogens with two attached hydrogens (primary N) is 1. The summed E-state index contributed by atoms with van der Waals surface area (Å²) in [6, 6.07) is 9.14. The Morgan fingerprint density at radius 1 is 1.20 bits per heavy atom. The van der Waals surface area contributed by atoms with E-state index in [1.807, 2.05) is 0 Å². The standard InChI is InChI=1S/C18H19FN2O3S/c1-21(18(20)22)17-7-2-4-12-10-15(8-9-16(12)17)25(23,24)14-6-3-5-13(19)11-14/h3,5-6,8-11,17H,2,4,7H2,1H3,(H2,20,22)/t17-/m1/s1. The fraction of sp³-hybridized carbons (Fsp3) is 0.278. The first-order chi connectivity index (χ1) is 11.8. The molecule has 2 aromatic carbocycles. The second-order valence-corrected chi connectivity index (χ2v) is 8.13. The minimum Gasteiger partial charge on any atom is -0.351 e. The van der Waals surface area contributed by atoms with Crippen molar-refractivity contribution in [3.8, 4) is 0 Å². The third kappa shape index (κ3) is 3.24. The lowest BCUT2D eigenvalue weighted by Gasteiger charge is -2.32. The molecule has 0 spiro atoms. The van der Waals surface area contributed by atoms with Gasteiger partial charge in [-0.2, -0.15) is 0 Å². The quantitative estimate of drug-likeness (QED) is 0.911. The lowest BCUT2D eigenvalue weighted by atomic mass is 9.87. The normalized spacial score (nSPS) is 17.0. The molecule has 0 aromatic heterocycles. The van der Waals surface area contributed by atoms with Gasteiger partial charge in [0.15, 0.2) is 0 Å². The Bertz CT molecular complexity index is 928. The van der Waals surface area contributed by atoms with Crippen molar-refractivity contribution in [1.82, 2.24) is 4.90 Å². The van der Waals surface area contributed by atoms with Gasteiger partial charge in [0.25, 0.3) is 0 Å². The molecule has 0 unspecified atom stereocenters. The van der Waals surface area contributed by atoms with E-state index in [2.05, 4.69) is 0 Å². The highest BCUT2D eigenvalue weighted by Crippen LogP contribution is 2.35. The zero-order valence-electron chi connectivity index (χ0n) is 13.8. The number of nitrogens with zero attached hydrogens (tertiary/aromatic N) is 1. The van der Waals surface area contributed by atoms with Crippen molar-refractivity contribution in [3.63, 3.8) is 0 Å². The van der Waals surface area contributed by atoms with Crippen LogP contribution in [0, 0.1) is 5.82 Å². The Morgan fingerprint density at radius 2 is 1.92 bits per heavy atom. The van der Waals surface area contributed by atoms with E-state index in [1.54, 1.807) is 19.2 Å². The van der Waals surface area contributed by atoms with E-state index in [-0.39, 0.29) is 15.8 Å². The number of halogens is 1. The number of aryl methyl sites for hydroxylation is 1. The van der Waals surface area contributed by atoms with Crippen LogP contribution in [0.5, 0.6) is 0 Å². The van der Waals surface area contributed by atoms with Crippen LogP contribution < -0.4 is 5.73 Å². The Morgan fingerprint density at radius 3 is 2.60 bits per heavy atom. The Hall–Kier alpha value is -2.41. The average molecular weight is 362 g/mol. The summed E-state index contributed by atoms with van der Waals surface area (Å²) in [5.74, 6) is -0.595. The topological polar surface area (TPSA) is 80.5 Å². The minimum atomic E-state index is -3.79. The summed E-state index contributed by atoms with van der Waals surface area (Å²) < 4.78 is 38.9. The zero-order chi connectivity index (χ0) is 18.2. The van der Waals surface area contributed by atoms with Crippen molar-refractivity contribution in [2.24, 2.45) is 5.73 Å². The highest BCUT2D eigenvalue weighted by atomic mass is 32.2. The number of fused-ring (bicyclic) bond motifs is 1. The summed E-state index contributed by atoms with van der Waals surface area (Å²) >= 11 is 0. The van der Waals surface area contributed by atoms with Crippen LogP contribution in [-0.4, -0.2) is 26.4 Å². The van der Waals surface area contributed by atoms with Gasteiger partial charge in [-0.25, -0.2) is 17.6 Å². The van der Waals surface area contributed by atoms with Crippen LogP contribution in [0.2, 0.25) is 0 Å². The number of carbonyl (C=O) groups excluding carboxylic acids is 1. The van der Waals surface area contributed by atoms with Gasteiger partial charge in [0.1, 0.15) is 5.82 Å². The fourth-order valence-electron chi connectivity index (χ4n) is 3.26. The molecule has 2 N–H and O–H groups in total. The lowest BCUT2D eigenvalue weighted by Crippen LogP contribution is -2.37. The molecule has 132 valence electrons.